The number of hydrogen-bond donors (Lipinski definition) is 0. The van der Waals surface area contributed by atoms with Crippen LogP contribution >= 0.6 is 11.6 Å². The lowest BCUT2D eigenvalue weighted by Gasteiger charge is -2.18. The third kappa shape index (κ3) is 3.73. The highest BCUT2D eigenvalue weighted by Gasteiger charge is 2.23. The van der Waals surface area contributed by atoms with E-state index in [4.69, 9.17) is 21.0 Å². The summed E-state index contributed by atoms with van der Waals surface area (Å²) in [5, 5.41) is 0. The molecule has 0 saturated heterocycles. The fraction of sp³-hybridized carbons (Fsp3) is 0.800. The van der Waals surface area contributed by atoms with E-state index < -0.39 is 0 Å². The van der Waals surface area contributed by atoms with Crippen LogP contribution in [-0.2, 0) is 12.4 Å². The van der Waals surface area contributed by atoms with Gasteiger partial charge in [0.05, 0.1) is 11.6 Å². The molecule has 1 aromatic heterocycles. The number of oxazole rings is 1. The van der Waals surface area contributed by atoms with Crippen LogP contribution in [0.3, 0.4) is 0 Å². The van der Waals surface area contributed by atoms with Gasteiger partial charge in [0.1, 0.15) is 5.76 Å². The van der Waals surface area contributed by atoms with Gasteiger partial charge in [-0.25, -0.2) is 4.98 Å². The second-order valence-corrected chi connectivity index (χ2v) is 5.62. The van der Waals surface area contributed by atoms with Crippen LogP contribution in [0.5, 0.6) is 0 Å². The Morgan fingerprint density at radius 3 is 2.47 bits per heavy atom. The van der Waals surface area contributed by atoms with Gasteiger partial charge in [0.25, 0.3) is 0 Å². The Morgan fingerprint density at radius 2 is 1.89 bits per heavy atom. The normalized spacial score (nSPS) is 17.3. The first kappa shape index (κ1) is 14.9. The largest absolute Gasteiger partial charge is 0.444 e. The van der Waals surface area contributed by atoms with E-state index in [0.717, 1.165) is 37.0 Å². The van der Waals surface area contributed by atoms with Gasteiger partial charge in [-0.3, -0.25) is 4.90 Å². The van der Waals surface area contributed by atoms with Crippen LogP contribution in [0.25, 0.3) is 0 Å². The number of rotatable bonds is 6. The summed E-state index contributed by atoms with van der Waals surface area (Å²) < 4.78 is 5.92. The molecule has 1 aliphatic rings. The molecule has 0 spiro atoms. The molecule has 1 heterocycles. The lowest BCUT2D eigenvalue weighted by atomic mass is 9.89. The summed E-state index contributed by atoms with van der Waals surface area (Å²) in [6, 6.07) is 0. The minimum Gasteiger partial charge on any atom is -0.444 e. The van der Waals surface area contributed by atoms with E-state index in [1.54, 1.807) is 0 Å². The highest BCUT2D eigenvalue weighted by molar-refractivity contribution is 6.16. The summed E-state index contributed by atoms with van der Waals surface area (Å²) in [6.45, 7) is 7.26. The second-order valence-electron chi connectivity index (χ2n) is 5.35. The van der Waals surface area contributed by atoms with E-state index in [1.807, 2.05) is 0 Å². The monoisotopic (exact) mass is 284 g/mol. The van der Waals surface area contributed by atoms with Crippen molar-refractivity contribution >= 4 is 11.6 Å². The van der Waals surface area contributed by atoms with Gasteiger partial charge in [-0.05, 0) is 25.9 Å². The molecule has 1 aromatic rings. The third-order valence-corrected chi connectivity index (χ3v) is 4.38. The van der Waals surface area contributed by atoms with Gasteiger partial charge in [-0.1, -0.05) is 33.1 Å². The van der Waals surface area contributed by atoms with Gasteiger partial charge in [-0.15, -0.1) is 11.6 Å². The molecule has 108 valence electrons. The predicted octanol–water partition coefficient (Wildman–Crippen LogP) is 4.30. The van der Waals surface area contributed by atoms with E-state index in [2.05, 4.69) is 18.7 Å². The Bertz CT molecular complexity index is 381. The van der Waals surface area contributed by atoms with Crippen molar-refractivity contribution in [3.05, 3.63) is 17.3 Å². The maximum Gasteiger partial charge on any atom is 0.197 e. The molecule has 0 aliphatic heterocycles. The SMILES string of the molecule is CCN(CC)Cc1nc(C2CCCCC2)oc1CCl. The van der Waals surface area contributed by atoms with E-state index in [9.17, 15) is 0 Å². The topological polar surface area (TPSA) is 29.3 Å². The summed E-state index contributed by atoms with van der Waals surface area (Å²) in [6.07, 6.45) is 6.38. The Hall–Kier alpha value is -0.540. The van der Waals surface area contributed by atoms with Crippen LogP contribution in [0, 0.1) is 0 Å². The van der Waals surface area contributed by atoms with Crippen molar-refractivity contribution in [1.82, 2.24) is 9.88 Å². The first-order valence-corrected chi connectivity index (χ1v) is 8.08. The lowest BCUT2D eigenvalue weighted by molar-refractivity contribution is 0.291. The Morgan fingerprint density at radius 1 is 1.21 bits per heavy atom. The average Bonchev–Trinajstić information content (AvgIpc) is 2.88. The van der Waals surface area contributed by atoms with Gasteiger partial charge in [0.15, 0.2) is 5.89 Å². The molecule has 4 heteroatoms. The van der Waals surface area contributed by atoms with Crippen LogP contribution in [0.1, 0.15) is 69.2 Å². The van der Waals surface area contributed by atoms with Gasteiger partial charge in [-0.2, -0.15) is 0 Å². The minimum absolute atomic E-state index is 0.427. The molecular weight excluding hydrogens is 260 g/mol. The second kappa shape index (κ2) is 7.30. The number of halogens is 1. The molecule has 0 N–H and O–H groups in total. The number of nitrogens with zero attached hydrogens (tertiary/aromatic N) is 2. The Labute approximate surface area is 121 Å². The van der Waals surface area contributed by atoms with Crippen LogP contribution < -0.4 is 0 Å². The fourth-order valence-corrected chi connectivity index (χ4v) is 3.02. The maximum atomic E-state index is 6.00. The Kier molecular flexibility index (Phi) is 5.71. The molecule has 0 aromatic carbocycles. The Balaban J connectivity index is 2.11. The van der Waals surface area contributed by atoms with Crippen molar-refractivity contribution in [2.45, 2.75) is 64.3 Å². The summed E-state index contributed by atoms with van der Waals surface area (Å²) >= 11 is 6.00. The van der Waals surface area contributed by atoms with Crippen LogP contribution in [0.15, 0.2) is 4.42 Å². The van der Waals surface area contributed by atoms with E-state index in [1.165, 1.54) is 32.1 Å². The molecule has 3 nitrogen and oxygen atoms in total. The molecule has 2 rings (SSSR count). The van der Waals surface area contributed by atoms with Gasteiger partial charge < -0.3 is 4.42 Å². The fourth-order valence-electron chi connectivity index (χ4n) is 2.81. The lowest BCUT2D eigenvalue weighted by Crippen LogP contribution is -2.22. The highest BCUT2D eigenvalue weighted by atomic mass is 35.5. The highest BCUT2D eigenvalue weighted by Crippen LogP contribution is 2.33. The summed E-state index contributed by atoms with van der Waals surface area (Å²) in [5.41, 5.74) is 1.04. The molecule has 0 unspecified atom stereocenters. The summed E-state index contributed by atoms with van der Waals surface area (Å²) in [4.78, 5) is 7.09. The first-order chi connectivity index (χ1) is 9.28. The molecule has 1 saturated carbocycles. The molecule has 0 bridgehead atoms. The molecule has 0 atom stereocenters. The minimum atomic E-state index is 0.427. The quantitative estimate of drug-likeness (QED) is 0.729. The van der Waals surface area contributed by atoms with Crippen LogP contribution in [0.4, 0.5) is 0 Å². The van der Waals surface area contributed by atoms with Gasteiger partial charge >= 0.3 is 0 Å². The van der Waals surface area contributed by atoms with Gasteiger partial charge in [0.2, 0.25) is 0 Å². The molecule has 1 aliphatic carbocycles. The van der Waals surface area contributed by atoms with Gasteiger partial charge in [0, 0.05) is 12.5 Å². The predicted molar refractivity (Wildman–Crippen MR) is 78.5 cm³/mol. The molecule has 0 amide bonds. The molecule has 0 radical (unpaired) electrons. The third-order valence-electron chi connectivity index (χ3n) is 4.14. The smallest absolute Gasteiger partial charge is 0.197 e. The van der Waals surface area contributed by atoms with E-state index in [-0.39, 0.29) is 0 Å². The van der Waals surface area contributed by atoms with E-state index in [0.29, 0.717) is 11.8 Å². The molecular formula is C15H25ClN2O. The van der Waals surface area contributed by atoms with Crippen molar-refractivity contribution in [3.63, 3.8) is 0 Å². The van der Waals surface area contributed by atoms with Crippen molar-refractivity contribution in [1.29, 1.82) is 0 Å². The van der Waals surface area contributed by atoms with E-state index >= 15 is 0 Å². The summed E-state index contributed by atoms with van der Waals surface area (Å²) in [5.74, 6) is 2.74. The van der Waals surface area contributed by atoms with Crippen molar-refractivity contribution in [3.8, 4) is 0 Å². The maximum absolute atomic E-state index is 6.00. The van der Waals surface area contributed by atoms with Crippen molar-refractivity contribution in [2.75, 3.05) is 13.1 Å². The zero-order valence-electron chi connectivity index (χ0n) is 12.1. The standard InChI is InChI=1S/C15H25ClN2O/c1-3-18(4-2)11-13-14(10-16)19-15(17-13)12-8-6-5-7-9-12/h12H,3-11H2,1-2H3. The number of alkyl halides is 1. The van der Waals surface area contributed by atoms with Crippen LogP contribution in [0.2, 0.25) is 0 Å². The number of aromatic nitrogens is 1. The summed E-state index contributed by atoms with van der Waals surface area (Å²) in [7, 11) is 0. The van der Waals surface area contributed by atoms with Crippen LogP contribution in [-0.4, -0.2) is 23.0 Å². The molecule has 1 fully saturated rings. The zero-order chi connectivity index (χ0) is 13.7. The average molecular weight is 285 g/mol. The van der Waals surface area contributed by atoms with Crippen molar-refractivity contribution < 1.29 is 4.42 Å². The molecule has 19 heavy (non-hydrogen) atoms. The first-order valence-electron chi connectivity index (χ1n) is 7.55. The number of hydrogen-bond acceptors (Lipinski definition) is 3. The van der Waals surface area contributed by atoms with Crippen molar-refractivity contribution in [2.24, 2.45) is 0 Å². The zero-order valence-corrected chi connectivity index (χ0v) is 12.9.